The number of anilines is 2. The van der Waals surface area contributed by atoms with Crippen LogP contribution in [0.5, 0.6) is 5.75 Å². The van der Waals surface area contributed by atoms with Crippen LogP contribution in [0.1, 0.15) is 0 Å². The van der Waals surface area contributed by atoms with Gasteiger partial charge in [0.2, 0.25) is 5.95 Å². The Morgan fingerprint density at radius 3 is 2.62 bits per heavy atom. The van der Waals surface area contributed by atoms with Gasteiger partial charge in [-0.05, 0) is 18.2 Å². The van der Waals surface area contributed by atoms with Crippen LogP contribution in [0.3, 0.4) is 0 Å². The predicted molar refractivity (Wildman–Crippen MR) is 155 cm³/mol. The molecule has 1 saturated heterocycles. The maximum Gasteiger partial charge on any atom is 0.330 e. The van der Waals surface area contributed by atoms with E-state index in [-0.39, 0.29) is 35.4 Å². The van der Waals surface area contributed by atoms with Crippen LogP contribution in [0.15, 0.2) is 45.8 Å². The topological polar surface area (TPSA) is 129 Å². The van der Waals surface area contributed by atoms with Gasteiger partial charge >= 0.3 is 5.69 Å². The molecule has 12 nitrogen and oxygen atoms in total. The number of fused-ring (bicyclic) bond motifs is 3. The van der Waals surface area contributed by atoms with Crippen molar-refractivity contribution in [1.82, 2.24) is 28.6 Å². The Bertz CT molecular complexity index is 1840. The van der Waals surface area contributed by atoms with Gasteiger partial charge in [0.1, 0.15) is 17.0 Å². The summed E-state index contributed by atoms with van der Waals surface area (Å²) in [6, 6.07) is 7.56. The van der Waals surface area contributed by atoms with Gasteiger partial charge in [0, 0.05) is 75.5 Å². The highest BCUT2D eigenvalue weighted by Gasteiger charge is 2.24. The summed E-state index contributed by atoms with van der Waals surface area (Å²) in [5.41, 5.74) is 8.56. The SMILES string of the molecule is Cn1c(=O)n(CCN2CCN(c3cc(OCCS(C)=O)c(F)cc3F)CC2)c2nc(N)n3nc(-c4ccco4)cc3c21. The molecular weight excluding hydrogens is 570 g/mol. The van der Waals surface area contributed by atoms with Crippen LogP contribution >= 0.6 is 0 Å². The van der Waals surface area contributed by atoms with E-state index >= 15 is 0 Å². The van der Waals surface area contributed by atoms with E-state index in [9.17, 15) is 17.8 Å². The maximum absolute atomic E-state index is 14.7. The number of nitrogens with zero attached hydrogens (tertiary/aromatic N) is 7. The molecule has 15 heteroatoms. The van der Waals surface area contributed by atoms with Gasteiger partial charge in [-0.15, -0.1) is 0 Å². The molecule has 5 aromatic rings. The fourth-order valence-corrected chi connectivity index (χ4v) is 5.58. The van der Waals surface area contributed by atoms with Crippen molar-refractivity contribution in [3.8, 4) is 17.2 Å². The van der Waals surface area contributed by atoms with Crippen molar-refractivity contribution in [2.75, 3.05) is 62.0 Å². The van der Waals surface area contributed by atoms with E-state index in [1.165, 1.54) is 21.4 Å². The van der Waals surface area contributed by atoms with Gasteiger partial charge in [-0.1, -0.05) is 0 Å². The van der Waals surface area contributed by atoms with E-state index in [1.807, 2.05) is 11.0 Å². The number of rotatable bonds is 9. The number of hydrogen-bond donors (Lipinski definition) is 1. The lowest BCUT2D eigenvalue weighted by Crippen LogP contribution is -2.47. The highest BCUT2D eigenvalue weighted by Crippen LogP contribution is 2.29. The van der Waals surface area contributed by atoms with Gasteiger partial charge < -0.3 is 19.8 Å². The summed E-state index contributed by atoms with van der Waals surface area (Å²) in [4.78, 5) is 21.8. The minimum absolute atomic E-state index is 0.0649. The summed E-state index contributed by atoms with van der Waals surface area (Å²) in [5, 5.41) is 4.50. The third-order valence-electron chi connectivity index (χ3n) is 7.47. The number of aryl methyl sites for hydroxylation is 1. The Balaban J connectivity index is 1.16. The molecule has 0 bridgehead atoms. The molecule has 222 valence electrons. The number of piperazine rings is 1. The van der Waals surface area contributed by atoms with E-state index in [0.717, 1.165) is 6.07 Å². The molecule has 1 fully saturated rings. The maximum atomic E-state index is 14.7. The van der Waals surface area contributed by atoms with Gasteiger partial charge in [0.25, 0.3) is 0 Å². The molecule has 1 unspecified atom stereocenters. The molecule has 0 saturated carbocycles. The van der Waals surface area contributed by atoms with Crippen LogP contribution in [0.25, 0.3) is 28.1 Å². The second-order valence-corrected chi connectivity index (χ2v) is 11.7. The molecule has 42 heavy (non-hydrogen) atoms. The first kappa shape index (κ1) is 27.9. The molecule has 1 aliphatic heterocycles. The Kier molecular flexibility index (Phi) is 7.45. The quantitative estimate of drug-likeness (QED) is 0.270. The standard InChI is InChI=1S/C27H30F2N8O4S/c1-33-24-21-15-19(22-4-3-11-40-22)32-37(21)26(30)31-25(24)36(27(33)38)10-7-34-5-8-35(9-6-34)20-16-23(18(29)14-17(20)28)41-12-13-42(2)39/h3-4,11,14-16H,5-10,12-13H2,1-2H3,(H2,30,31). The van der Waals surface area contributed by atoms with Crippen molar-refractivity contribution in [1.29, 1.82) is 0 Å². The van der Waals surface area contributed by atoms with Crippen molar-refractivity contribution in [3.63, 3.8) is 0 Å². The number of nitrogen functional groups attached to an aromatic ring is 1. The van der Waals surface area contributed by atoms with Crippen LogP contribution in [-0.2, 0) is 24.4 Å². The molecule has 5 heterocycles. The summed E-state index contributed by atoms with van der Waals surface area (Å²) in [6.45, 7) is 3.23. The Morgan fingerprint density at radius 1 is 1.12 bits per heavy atom. The van der Waals surface area contributed by atoms with Crippen LogP contribution in [0.2, 0.25) is 0 Å². The molecule has 2 N–H and O–H groups in total. The fraction of sp³-hybridized carbons (Fsp3) is 0.370. The molecule has 0 spiro atoms. The zero-order valence-electron chi connectivity index (χ0n) is 23.1. The van der Waals surface area contributed by atoms with E-state index in [4.69, 9.17) is 14.9 Å². The summed E-state index contributed by atoms with van der Waals surface area (Å²) < 4.78 is 55.7. The lowest BCUT2D eigenvalue weighted by molar-refractivity contribution is 0.247. The number of halogens is 2. The Labute approximate surface area is 241 Å². The number of ether oxygens (including phenoxy) is 1. The molecule has 0 amide bonds. The van der Waals surface area contributed by atoms with Gasteiger partial charge in [0.15, 0.2) is 23.0 Å². The lowest BCUT2D eigenvalue weighted by atomic mass is 10.2. The van der Waals surface area contributed by atoms with Crippen LogP contribution in [0.4, 0.5) is 20.4 Å². The first-order valence-corrected chi connectivity index (χ1v) is 15.1. The normalized spacial score (nSPS) is 15.2. The highest BCUT2D eigenvalue weighted by atomic mass is 32.2. The van der Waals surface area contributed by atoms with Crippen LogP contribution < -0.4 is 21.1 Å². The fourth-order valence-electron chi connectivity index (χ4n) is 5.27. The van der Waals surface area contributed by atoms with Crippen molar-refractivity contribution in [2.45, 2.75) is 6.54 Å². The monoisotopic (exact) mass is 600 g/mol. The third kappa shape index (κ3) is 5.13. The van der Waals surface area contributed by atoms with Crippen LogP contribution in [0, 0.1) is 11.6 Å². The van der Waals surface area contributed by atoms with Gasteiger partial charge in [-0.25, -0.2) is 13.6 Å². The van der Waals surface area contributed by atoms with E-state index in [1.54, 1.807) is 30.0 Å². The number of nitrogens with two attached hydrogens (primary N) is 1. The minimum atomic E-state index is -1.08. The van der Waals surface area contributed by atoms with Crippen molar-refractivity contribution < 1.29 is 22.1 Å². The third-order valence-corrected chi connectivity index (χ3v) is 8.21. The summed E-state index contributed by atoms with van der Waals surface area (Å²) in [7, 11) is 0.610. The second kappa shape index (κ2) is 11.2. The number of furan rings is 1. The van der Waals surface area contributed by atoms with Crippen LogP contribution in [-0.4, -0.2) is 84.2 Å². The van der Waals surface area contributed by atoms with Gasteiger partial charge in [-0.2, -0.15) is 14.6 Å². The molecule has 1 atom stereocenters. The number of hydrogen-bond acceptors (Lipinski definition) is 9. The van der Waals surface area contributed by atoms with E-state index in [0.29, 0.717) is 67.4 Å². The Hall–Kier alpha value is -4.24. The molecule has 1 aliphatic rings. The highest BCUT2D eigenvalue weighted by molar-refractivity contribution is 7.84. The lowest BCUT2D eigenvalue weighted by Gasteiger charge is -2.36. The van der Waals surface area contributed by atoms with Crippen molar-refractivity contribution in [3.05, 3.63) is 58.7 Å². The summed E-state index contributed by atoms with van der Waals surface area (Å²) in [6.07, 6.45) is 3.10. The minimum Gasteiger partial charge on any atom is -0.489 e. The van der Waals surface area contributed by atoms with Crippen molar-refractivity contribution >= 4 is 39.1 Å². The molecular formula is C27H30F2N8O4S. The molecule has 1 aromatic carbocycles. The smallest absolute Gasteiger partial charge is 0.330 e. The molecule has 4 aromatic heterocycles. The first-order chi connectivity index (χ1) is 20.2. The number of aromatic nitrogens is 5. The second-order valence-electron chi connectivity index (χ2n) is 10.1. The molecule has 0 radical (unpaired) electrons. The molecule has 6 rings (SSSR count). The largest absolute Gasteiger partial charge is 0.489 e. The number of benzene rings is 1. The van der Waals surface area contributed by atoms with Gasteiger partial charge in [-0.3, -0.25) is 18.2 Å². The average molecular weight is 601 g/mol. The summed E-state index contributed by atoms with van der Waals surface area (Å²) in [5.74, 6) is -0.544. The average Bonchev–Trinajstić information content (AvgIpc) is 3.69. The summed E-state index contributed by atoms with van der Waals surface area (Å²) >= 11 is 0. The zero-order chi connectivity index (χ0) is 29.5. The van der Waals surface area contributed by atoms with E-state index in [2.05, 4.69) is 15.0 Å². The predicted octanol–water partition coefficient (Wildman–Crippen LogP) is 2.08. The zero-order valence-corrected chi connectivity index (χ0v) is 23.9. The van der Waals surface area contributed by atoms with Crippen molar-refractivity contribution in [2.24, 2.45) is 7.05 Å². The van der Waals surface area contributed by atoms with Gasteiger partial charge in [0.05, 0.1) is 29.8 Å². The Morgan fingerprint density at radius 2 is 1.90 bits per heavy atom. The first-order valence-electron chi connectivity index (χ1n) is 13.4. The molecule has 0 aliphatic carbocycles. The van der Waals surface area contributed by atoms with E-state index < -0.39 is 22.4 Å². The number of imidazole rings is 1.